The molecule has 90 valence electrons. The average molecular weight is 228 g/mol. The van der Waals surface area contributed by atoms with Crippen LogP contribution < -0.4 is 10.6 Å². The second-order valence-electron chi connectivity index (χ2n) is 3.80. The molecular weight excluding hydrogens is 212 g/mol. The van der Waals surface area contributed by atoms with Crippen molar-refractivity contribution in [3.8, 4) is 0 Å². The van der Waals surface area contributed by atoms with Gasteiger partial charge in [-0.1, -0.05) is 0 Å². The fourth-order valence-electron chi connectivity index (χ4n) is 1.46. The van der Waals surface area contributed by atoms with Gasteiger partial charge < -0.3 is 25.0 Å². The van der Waals surface area contributed by atoms with Gasteiger partial charge in [0.2, 0.25) is 5.89 Å². The molecule has 1 aliphatic heterocycles. The fraction of sp³-hybridized carbons (Fsp3) is 0.778. The lowest BCUT2D eigenvalue weighted by Crippen LogP contribution is -2.37. The summed E-state index contributed by atoms with van der Waals surface area (Å²) in [6.45, 7) is 4.38. The van der Waals surface area contributed by atoms with Gasteiger partial charge in [0.25, 0.3) is 5.95 Å². The zero-order valence-corrected chi connectivity index (χ0v) is 9.17. The number of anilines is 1. The third kappa shape index (κ3) is 2.31. The van der Waals surface area contributed by atoms with Crippen molar-refractivity contribution in [3.05, 3.63) is 5.89 Å². The predicted molar refractivity (Wildman–Crippen MR) is 55.9 cm³/mol. The van der Waals surface area contributed by atoms with Crippen molar-refractivity contribution < 1.29 is 14.4 Å². The van der Waals surface area contributed by atoms with E-state index in [9.17, 15) is 5.11 Å². The summed E-state index contributed by atoms with van der Waals surface area (Å²) >= 11 is 0. The van der Waals surface area contributed by atoms with Crippen LogP contribution in [0.15, 0.2) is 4.52 Å². The summed E-state index contributed by atoms with van der Waals surface area (Å²) in [4.78, 5) is 6.13. The molecule has 0 aromatic carbocycles. The zero-order valence-electron chi connectivity index (χ0n) is 9.17. The molecule has 3 N–H and O–H groups in total. The highest BCUT2D eigenvalue weighted by Crippen LogP contribution is 2.16. The van der Waals surface area contributed by atoms with Crippen molar-refractivity contribution >= 4 is 5.95 Å². The number of hydrogen-bond acceptors (Lipinski definition) is 7. The molecule has 7 nitrogen and oxygen atoms in total. The van der Waals surface area contributed by atoms with Crippen LogP contribution in [-0.2, 0) is 4.74 Å². The van der Waals surface area contributed by atoms with Crippen molar-refractivity contribution in [1.82, 2.24) is 10.1 Å². The Morgan fingerprint density at radius 1 is 1.44 bits per heavy atom. The second kappa shape index (κ2) is 4.77. The Labute approximate surface area is 93.2 Å². The molecular formula is C9H16N4O3. The summed E-state index contributed by atoms with van der Waals surface area (Å²) in [6, 6.07) is -0.637. The van der Waals surface area contributed by atoms with Gasteiger partial charge in [-0.3, -0.25) is 0 Å². The highest BCUT2D eigenvalue weighted by atomic mass is 16.5. The van der Waals surface area contributed by atoms with Gasteiger partial charge in [-0.25, -0.2) is 0 Å². The van der Waals surface area contributed by atoms with Crippen LogP contribution in [0.5, 0.6) is 0 Å². The molecule has 0 spiro atoms. The molecule has 1 aromatic rings. The maximum atomic E-state index is 9.31. The first kappa shape index (κ1) is 11.3. The van der Waals surface area contributed by atoms with E-state index in [1.165, 1.54) is 0 Å². The summed E-state index contributed by atoms with van der Waals surface area (Å²) < 4.78 is 10.2. The number of morpholine rings is 1. The van der Waals surface area contributed by atoms with E-state index >= 15 is 0 Å². The highest BCUT2D eigenvalue weighted by molar-refractivity contribution is 5.28. The van der Waals surface area contributed by atoms with E-state index in [1.807, 2.05) is 4.90 Å². The Morgan fingerprint density at radius 2 is 2.12 bits per heavy atom. The smallest absolute Gasteiger partial charge is 0.266 e. The van der Waals surface area contributed by atoms with E-state index in [0.29, 0.717) is 19.2 Å². The molecule has 1 aromatic heterocycles. The average Bonchev–Trinajstić information content (AvgIpc) is 2.78. The zero-order chi connectivity index (χ0) is 11.5. The van der Waals surface area contributed by atoms with Crippen LogP contribution in [0.1, 0.15) is 18.9 Å². The highest BCUT2D eigenvalue weighted by Gasteiger charge is 2.22. The van der Waals surface area contributed by atoms with Gasteiger partial charge in [-0.15, -0.1) is 0 Å². The summed E-state index contributed by atoms with van der Waals surface area (Å²) in [7, 11) is 0. The minimum absolute atomic E-state index is 0.261. The minimum Gasteiger partial charge on any atom is -0.391 e. The number of aromatic nitrogens is 2. The van der Waals surface area contributed by atoms with E-state index < -0.39 is 12.1 Å². The van der Waals surface area contributed by atoms with Crippen molar-refractivity contribution in [2.24, 2.45) is 5.73 Å². The first-order valence-corrected chi connectivity index (χ1v) is 5.28. The van der Waals surface area contributed by atoms with Crippen molar-refractivity contribution in [2.75, 3.05) is 31.2 Å². The molecule has 2 rings (SSSR count). The first-order valence-electron chi connectivity index (χ1n) is 5.28. The molecule has 2 atom stereocenters. The number of hydrogen-bond donors (Lipinski definition) is 2. The molecule has 2 heterocycles. The van der Waals surface area contributed by atoms with E-state index in [2.05, 4.69) is 10.1 Å². The standard InChI is InChI=1S/C9H16N4O3/c1-6(14)7(10)8-11-9(12-16-8)13-2-4-15-5-3-13/h6-7,14H,2-5,10H2,1H3/t6-,7+/m0/s1. The molecule has 0 aliphatic carbocycles. The Kier molecular flexibility index (Phi) is 3.37. The topological polar surface area (TPSA) is 97.6 Å². The van der Waals surface area contributed by atoms with E-state index in [4.69, 9.17) is 15.0 Å². The fourth-order valence-corrected chi connectivity index (χ4v) is 1.46. The molecule has 0 unspecified atom stereocenters. The summed E-state index contributed by atoms with van der Waals surface area (Å²) in [5, 5.41) is 13.1. The second-order valence-corrected chi connectivity index (χ2v) is 3.80. The quantitative estimate of drug-likeness (QED) is 0.705. The largest absolute Gasteiger partial charge is 0.391 e. The third-order valence-electron chi connectivity index (χ3n) is 2.53. The number of ether oxygens (including phenoxy) is 1. The van der Waals surface area contributed by atoms with Gasteiger partial charge in [0, 0.05) is 13.1 Å². The van der Waals surface area contributed by atoms with Crippen LogP contribution in [-0.4, -0.2) is 47.7 Å². The van der Waals surface area contributed by atoms with Crippen molar-refractivity contribution in [2.45, 2.75) is 19.1 Å². The normalized spacial score (nSPS) is 20.8. The summed E-state index contributed by atoms with van der Waals surface area (Å²) in [6.07, 6.45) is -0.710. The van der Waals surface area contributed by atoms with Gasteiger partial charge >= 0.3 is 0 Å². The van der Waals surface area contributed by atoms with Crippen LogP contribution >= 0.6 is 0 Å². The third-order valence-corrected chi connectivity index (χ3v) is 2.53. The predicted octanol–water partition coefficient (Wildman–Crippen LogP) is -0.713. The lowest BCUT2D eigenvalue weighted by molar-refractivity contribution is 0.121. The van der Waals surface area contributed by atoms with Crippen LogP contribution in [0.25, 0.3) is 0 Å². The molecule has 1 aliphatic rings. The number of aliphatic hydroxyl groups is 1. The van der Waals surface area contributed by atoms with Crippen LogP contribution in [0.4, 0.5) is 5.95 Å². The minimum atomic E-state index is -0.710. The van der Waals surface area contributed by atoms with Gasteiger partial charge in [-0.05, 0) is 12.1 Å². The molecule has 7 heteroatoms. The number of aliphatic hydroxyl groups excluding tert-OH is 1. The van der Waals surface area contributed by atoms with E-state index in [-0.39, 0.29) is 5.89 Å². The maximum Gasteiger partial charge on any atom is 0.266 e. The van der Waals surface area contributed by atoms with Crippen LogP contribution in [0.2, 0.25) is 0 Å². The van der Waals surface area contributed by atoms with Crippen LogP contribution in [0.3, 0.4) is 0 Å². The molecule has 0 amide bonds. The maximum absolute atomic E-state index is 9.31. The van der Waals surface area contributed by atoms with Gasteiger partial charge in [-0.2, -0.15) is 4.98 Å². The van der Waals surface area contributed by atoms with Gasteiger partial charge in [0.15, 0.2) is 0 Å². The molecule has 0 bridgehead atoms. The number of nitrogens with two attached hydrogens (primary N) is 1. The molecule has 0 radical (unpaired) electrons. The summed E-state index contributed by atoms with van der Waals surface area (Å²) in [5.41, 5.74) is 5.69. The van der Waals surface area contributed by atoms with Crippen molar-refractivity contribution in [3.63, 3.8) is 0 Å². The monoisotopic (exact) mass is 228 g/mol. The van der Waals surface area contributed by atoms with E-state index in [1.54, 1.807) is 6.92 Å². The lowest BCUT2D eigenvalue weighted by Gasteiger charge is -2.24. The Hall–Kier alpha value is -1.18. The van der Waals surface area contributed by atoms with Gasteiger partial charge in [0.05, 0.1) is 19.3 Å². The van der Waals surface area contributed by atoms with E-state index in [0.717, 1.165) is 13.1 Å². The molecule has 1 saturated heterocycles. The Bertz CT molecular complexity index is 335. The molecule has 1 fully saturated rings. The lowest BCUT2D eigenvalue weighted by atomic mass is 10.2. The Morgan fingerprint density at radius 3 is 2.75 bits per heavy atom. The Balaban J connectivity index is 2.06. The first-order chi connectivity index (χ1) is 7.68. The number of rotatable bonds is 3. The number of nitrogens with zero attached hydrogens (tertiary/aromatic N) is 3. The van der Waals surface area contributed by atoms with Gasteiger partial charge in [0.1, 0.15) is 6.04 Å². The molecule has 0 saturated carbocycles. The van der Waals surface area contributed by atoms with Crippen molar-refractivity contribution in [1.29, 1.82) is 0 Å². The van der Waals surface area contributed by atoms with Crippen LogP contribution in [0, 0.1) is 0 Å². The SMILES string of the molecule is C[C@H](O)[C@@H](N)c1nc(N2CCOCC2)no1. The molecule has 16 heavy (non-hydrogen) atoms. The summed E-state index contributed by atoms with van der Waals surface area (Å²) in [5.74, 6) is 0.769.